The Balaban J connectivity index is 1.69. The van der Waals surface area contributed by atoms with Crippen molar-refractivity contribution >= 4 is 22.7 Å². The van der Waals surface area contributed by atoms with E-state index in [0.717, 1.165) is 0 Å². The van der Waals surface area contributed by atoms with E-state index in [-0.39, 0.29) is 31.0 Å². The molecule has 1 heterocycles. The van der Waals surface area contributed by atoms with E-state index in [1.54, 1.807) is 42.5 Å². The van der Waals surface area contributed by atoms with Crippen molar-refractivity contribution in [2.24, 2.45) is 0 Å². The summed E-state index contributed by atoms with van der Waals surface area (Å²) >= 11 is 0. The molecule has 0 amide bonds. The van der Waals surface area contributed by atoms with Crippen molar-refractivity contribution < 1.29 is 33.3 Å². The van der Waals surface area contributed by atoms with Gasteiger partial charge in [-0.2, -0.15) is 0 Å². The number of fused-ring (bicyclic) bond motifs is 1. The molecule has 0 fully saturated rings. The van der Waals surface area contributed by atoms with E-state index in [0.29, 0.717) is 46.6 Å². The van der Waals surface area contributed by atoms with Crippen LogP contribution < -0.4 is 14.9 Å². The lowest BCUT2D eigenvalue weighted by Gasteiger charge is -2.08. The molecule has 0 saturated heterocycles. The van der Waals surface area contributed by atoms with Crippen LogP contribution >= 0.6 is 0 Å². The summed E-state index contributed by atoms with van der Waals surface area (Å²) in [5.74, 6) is 0.114. The van der Waals surface area contributed by atoms with Gasteiger partial charge >= 0.3 is 5.97 Å². The van der Waals surface area contributed by atoms with E-state index in [4.69, 9.17) is 23.7 Å². The molecule has 0 atom stereocenters. The second-order valence-electron chi connectivity index (χ2n) is 6.76. The maximum Gasteiger partial charge on any atom is 0.329 e. The number of ether oxygens (including phenoxy) is 3. The molecule has 1 aromatic heterocycles. The molecule has 162 valence electrons. The van der Waals surface area contributed by atoms with E-state index < -0.39 is 5.97 Å². The van der Waals surface area contributed by atoms with Crippen LogP contribution in [-0.2, 0) is 14.3 Å². The van der Waals surface area contributed by atoms with Crippen LogP contribution in [0, 0.1) is 0 Å². The van der Waals surface area contributed by atoms with Gasteiger partial charge in [0.1, 0.15) is 42.3 Å². The van der Waals surface area contributed by atoms with Gasteiger partial charge in [0, 0.05) is 12.5 Å². The molecule has 8 heteroatoms. The van der Waals surface area contributed by atoms with Crippen molar-refractivity contribution in [3.63, 3.8) is 0 Å². The first-order valence-electron chi connectivity index (χ1n) is 9.64. The molecule has 0 aliphatic carbocycles. The fourth-order valence-corrected chi connectivity index (χ4v) is 2.82. The van der Waals surface area contributed by atoms with Crippen molar-refractivity contribution in [2.45, 2.75) is 13.3 Å². The molecule has 0 aliphatic heterocycles. The van der Waals surface area contributed by atoms with Crippen LogP contribution in [0.5, 0.6) is 11.5 Å². The molecule has 0 aliphatic rings. The first kappa shape index (κ1) is 22.0. The zero-order chi connectivity index (χ0) is 22.2. The highest BCUT2D eigenvalue weighted by Crippen LogP contribution is 2.24. The molecule has 1 N–H and O–H groups in total. The zero-order valence-corrected chi connectivity index (χ0v) is 17.0. The van der Waals surface area contributed by atoms with Crippen LogP contribution in [0.4, 0.5) is 0 Å². The van der Waals surface area contributed by atoms with Crippen LogP contribution in [0.1, 0.15) is 13.3 Å². The van der Waals surface area contributed by atoms with Crippen LogP contribution in [0.25, 0.3) is 22.1 Å². The average Bonchev–Trinajstić information content (AvgIpc) is 2.74. The summed E-state index contributed by atoms with van der Waals surface area (Å²) in [5.41, 5.74) is 1.30. The Hall–Kier alpha value is -3.65. The van der Waals surface area contributed by atoms with Gasteiger partial charge in [0.05, 0.1) is 24.2 Å². The lowest BCUT2D eigenvalue weighted by atomic mass is 10.1. The zero-order valence-electron chi connectivity index (χ0n) is 17.0. The van der Waals surface area contributed by atoms with Crippen LogP contribution in [-0.4, -0.2) is 43.3 Å². The number of carbonyl (C=O) groups is 2. The van der Waals surface area contributed by atoms with E-state index in [2.05, 4.69) is 0 Å². The lowest BCUT2D eigenvalue weighted by Crippen LogP contribution is -2.12. The second kappa shape index (κ2) is 10.4. The predicted molar refractivity (Wildman–Crippen MR) is 113 cm³/mol. The molecule has 3 rings (SSSR count). The monoisotopic (exact) mass is 426 g/mol. The summed E-state index contributed by atoms with van der Waals surface area (Å²) < 4.78 is 21.6. The van der Waals surface area contributed by atoms with Gasteiger partial charge in [-0.1, -0.05) is 12.1 Å². The normalized spacial score (nSPS) is 10.7. The SMILES string of the molecule is CC(=O)CCOc1ccc(-c2coc3cc(OCCOCC(=O)O)ccc3c2=O)cc1. The van der Waals surface area contributed by atoms with Crippen molar-refractivity contribution in [1.29, 1.82) is 0 Å². The fraction of sp³-hybridized carbons (Fsp3) is 0.261. The smallest absolute Gasteiger partial charge is 0.329 e. The van der Waals surface area contributed by atoms with E-state index in [9.17, 15) is 14.4 Å². The fourth-order valence-electron chi connectivity index (χ4n) is 2.82. The Bertz CT molecular complexity index is 1110. The summed E-state index contributed by atoms with van der Waals surface area (Å²) in [6, 6.07) is 11.9. The van der Waals surface area contributed by atoms with Gasteiger partial charge in [0.15, 0.2) is 5.43 Å². The largest absolute Gasteiger partial charge is 0.493 e. The Morgan fingerprint density at radius 2 is 1.68 bits per heavy atom. The number of aliphatic carboxylic acids is 1. The molecule has 8 nitrogen and oxygen atoms in total. The highest BCUT2D eigenvalue weighted by atomic mass is 16.5. The average molecular weight is 426 g/mol. The highest BCUT2D eigenvalue weighted by molar-refractivity contribution is 5.82. The third-order valence-electron chi connectivity index (χ3n) is 4.36. The van der Waals surface area contributed by atoms with Gasteiger partial charge in [0.25, 0.3) is 0 Å². The molecule has 0 saturated carbocycles. The number of benzene rings is 2. The van der Waals surface area contributed by atoms with Crippen molar-refractivity contribution in [3.05, 3.63) is 59.0 Å². The van der Waals surface area contributed by atoms with Crippen LogP contribution in [0.2, 0.25) is 0 Å². The summed E-state index contributed by atoms with van der Waals surface area (Å²) in [6.45, 7) is 1.73. The van der Waals surface area contributed by atoms with Gasteiger partial charge < -0.3 is 23.7 Å². The number of rotatable bonds is 11. The summed E-state index contributed by atoms with van der Waals surface area (Å²) in [7, 11) is 0. The third-order valence-corrected chi connectivity index (χ3v) is 4.36. The first-order valence-corrected chi connectivity index (χ1v) is 9.64. The van der Waals surface area contributed by atoms with Crippen molar-refractivity contribution in [3.8, 4) is 22.6 Å². The number of carboxylic acid groups (broad SMARTS) is 1. The quantitative estimate of drug-likeness (QED) is 0.465. The molecule has 0 radical (unpaired) electrons. The number of carboxylic acids is 1. The number of hydrogen-bond donors (Lipinski definition) is 1. The first-order chi connectivity index (χ1) is 14.9. The molecule has 3 aromatic rings. The molecular formula is C23H22O8. The van der Waals surface area contributed by atoms with Crippen LogP contribution in [0.3, 0.4) is 0 Å². The Labute approximate surface area is 178 Å². The van der Waals surface area contributed by atoms with Gasteiger partial charge in [-0.25, -0.2) is 4.79 Å². The van der Waals surface area contributed by atoms with Gasteiger partial charge in [-0.15, -0.1) is 0 Å². The number of Topliss-reactive ketones (excluding diaryl/α,β-unsaturated/α-hetero) is 1. The minimum absolute atomic E-state index is 0.0606. The maximum absolute atomic E-state index is 12.9. The summed E-state index contributed by atoms with van der Waals surface area (Å²) in [6.07, 6.45) is 1.74. The lowest BCUT2D eigenvalue weighted by molar-refractivity contribution is -0.142. The molecule has 31 heavy (non-hydrogen) atoms. The van der Waals surface area contributed by atoms with Crippen molar-refractivity contribution in [1.82, 2.24) is 0 Å². The van der Waals surface area contributed by atoms with Crippen molar-refractivity contribution in [2.75, 3.05) is 26.4 Å². The molecule has 0 bridgehead atoms. The molecular weight excluding hydrogens is 404 g/mol. The minimum atomic E-state index is -1.04. The molecule has 2 aromatic carbocycles. The Morgan fingerprint density at radius 1 is 0.968 bits per heavy atom. The van der Waals surface area contributed by atoms with E-state index >= 15 is 0 Å². The molecule has 0 spiro atoms. The standard InChI is InChI=1S/C23H22O8/c1-15(24)8-9-29-17-4-2-16(3-5-17)20-13-31-21-12-18(6-7-19(21)23(20)27)30-11-10-28-14-22(25)26/h2-7,12-13H,8-11,14H2,1H3,(H,25,26). The van der Waals surface area contributed by atoms with Gasteiger partial charge in [0.2, 0.25) is 0 Å². The van der Waals surface area contributed by atoms with Gasteiger partial charge in [-0.3, -0.25) is 9.59 Å². The van der Waals surface area contributed by atoms with Crippen LogP contribution in [0.15, 0.2) is 57.9 Å². The van der Waals surface area contributed by atoms with Gasteiger partial charge in [-0.05, 0) is 36.8 Å². The van der Waals surface area contributed by atoms with E-state index in [1.165, 1.54) is 13.2 Å². The number of hydrogen-bond acceptors (Lipinski definition) is 7. The minimum Gasteiger partial charge on any atom is -0.493 e. The third kappa shape index (κ3) is 6.16. The van der Waals surface area contributed by atoms with E-state index in [1.807, 2.05) is 0 Å². The molecule has 0 unspecified atom stereocenters. The maximum atomic E-state index is 12.9. The highest BCUT2D eigenvalue weighted by Gasteiger charge is 2.11. The summed E-state index contributed by atoms with van der Waals surface area (Å²) in [5, 5.41) is 8.93. The number of carbonyl (C=O) groups excluding carboxylic acids is 1. The second-order valence-corrected chi connectivity index (χ2v) is 6.76. The topological polar surface area (TPSA) is 112 Å². The predicted octanol–water partition coefficient (Wildman–Crippen LogP) is 3.30. The Morgan fingerprint density at radius 3 is 2.39 bits per heavy atom. The summed E-state index contributed by atoms with van der Waals surface area (Å²) in [4.78, 5) is 34.3. The Kier molecular flexibility index (Phi) is 7.40. The number of ketones is 1.